The van der Waals surface area contributed by atoms with Crippen molar-refractivity contribution in [2.24, 2.45) is 5.92 Å². The second-order valence-electron chi connectivity index (χ2n) is 4.79. The monoisotopic (exact) mass is 272 g/mol. The zero-order valence-corrected chi connectivity index (χ0v) is 10.6. The van der Waals surface area contributed by atoms with Gasteiger partial charge in [0.15, 0.2) is 17.4 Å². The van der Waals surface area contributed by atoms with Crippen LogP contribution < -0.4 is 0 Å². The maximum Gasteiger partial charge on any atom is 0.166 e. The highest BCUT2D eigenvalue weighted by Gasteiger charge is 2.32. The Kier molecular flexibility index (Phi) is 4.24. The maximum absolute atomic E-state index is 13.4. The van der Waals surface area contributed by atoms with Gasteiger partial charge in [0.2, 0.25) is 0 Å². The summed E-state index contributed by atoms with van der Waals surface area (Å²) < 4.78 is 44.5. The Bertz CT molecular complexity index is 482. The molecule has 1 saturated carbocycles. The lowest BCUT2D eigenvalue weighted by atomic mass is 9.78. The Balaban J connectivity index is 1.96. The summed E-state index contributed by atoms with van der Waals surface area (Å²) in [6.07, 6.45) is 1.82. The molecule has 104 valence electrons. The van der Waals surface area contributed by atoms with Gasteiger partial charge in [0.25, 0.3) is 0 Å². The van der Waals surface area contributed by atoms with E-state index in [1.165, 1.54) is 0 Å². The van der Waals surface area contributed by atoms with Gasteiger partial charge in [0.1, 0.15) is 5.82 Å². The SMILES string of the molecule is CCOC1CC(CC(=O)c2cc(F)c(F)cc2F)C1. The molecule has 0 unspecified atom stereocenters. The van der Waals surface area contributed by atoms with Crippen molar-refractivity contribution in [2.45, 2.75) is 32.3 Å². The highest BCUT2D eigenvalue weighted by molar-refractivity contribution is 5.96. The molecule has 1 aromatic carbocycles. The minimum absolute atomic E-state index is 0.136. The fourth-order valence-corrected chi connectivity index (χ4v) is 2.32. The highest BCUT2D eigenvalue weighted by atomic mass is 19.2. The minimum atomic E-state index is -1.28. The molecule has 0 aromatic heterocycles. The maximum atomic E-state index is 13.4. The van der Waals surface area contributed by atoms with Crippen LogP contribution >= 0.6 is 0 Å². The van der Waals surface area contributed by atoms with E-state index in [0.29, 0.717) is 18.7 Å². The van der Waals surface area contributed by atoms with Crippen LogP contribution in [-0.2, 0) is 4.74 Å². The third-order valence-electron chi connectivity index (χ3n) is 3.38. The van der Waals surface area contributed by atoms with E-state index in [1.807, 2.05) is 6.92 Å². The summed E-state index contributed by atoms with van der Waals surface area (Å²) in [5.41, 5.74) is -0.376. The Morgan fingerprint density at radius 2 is 1.84 bits per heavy atom. The van der Waals surface area contributed by atoms with Gasteiger partial charge in [-0.25, -0.2) is 13.2 Å². The number of rotatable bonds is 5. The van der Waals surface area contributed by atoms with Crippen molar-refractivity contribution in [2.75, 3.05) is 6.61 Å². The van der Waals surface area contributed by atoms with Gasteiger partial charge in [-0.1, -0.05) is 0 Å². The number of ketones is 1. The molecule has 5 heteroatoms. The molecule has 2 nitrogen and oxygen atoms in total. The van der Waals surface area contributed by atoms with Crippen molar-refractivity contribution in [3.63, 3.8) is 0 Å². The first kappa shape index (κ1) is 14.1. The lowest BCUT2D eigenvalue weighted by Crippen LogP contribution is -2.32. The van der Waals surface area contributed by atoms with E-state index < -0.39 is 23.2 Å². The van der Waals surface area contributed by atoms with E-state index in [9.17, 15) is 18.0 Å². The quantitative estimate of drug-likeness (QED) is 0.606. The van der Waals surface area contributed by atoms with Crippen LogP contribution in [0, 0.1) is 23.4 Å². The molecule has 1 aliphatic carbocycles. The van der Waals surface area contributed by atoms with Crippen molar-refractivity contribution >= 4 is 5.78 Å². The van der Waals surface area contributed by atoms with Crippen LogP contribution in [0.2, 0.25) is 0 Å². The normalized spacial score (nSPS) is 22.1. The Morgan fingerprint density at radius 1 is 1.21 bits per heavy atom. The van der Waals surface area contributed by atoms with E-state index in [4.69, 9.17) is 4.74 Å². The average Bonchev–Trinajstić information content (AvgIpc) is 2.31. The first-order valence-corrected chi connectivity index (χ1v) is 6.30. The summed E-state index contributed by atoms with van der Waals surface area (Å²) in [7, 11) is 0. The largest absolute Gasteiger partial charge is 0.378 e. The zero-order chi connectivity index (χ0) is 14.0. The molecule has 2 rings (SSSR count). The van der Waals surface area contributed by atoms with E-state index in [2.05, 4.69) is 0 Å². The Labute approximate surface area is 109 Å². The van der Waals surface area contributed by atoms with E-state index >= 15 is 0 Å². The molecule has 0 saturated heterocycles. The van der Waals surface area contributed by atoms with Crippen LogP contribution in [0.25, 0.3) is 0 Å². The van der Waals surface area contributed by atoms with E-state index in [-0.39, 0.29) is 24.0 Å². The van der Waals surface area contributed by atoms with E-state index in [1.54, 1.807) is 0 Å². The summed E-state index contributed by atoms with van der Waals surface area (Å²) in [5, 5.41) is 0. The second-order valence-corrected chi connectivity index (χ2v) is 4.79. The molecule has 19 heavy (non-hydrogen) atoms. The van der Waals surface area contributed by atoms with Crippen molar-refractivity contribution < 1.29 is 22.7 Å². The van der Waals surface area contributed by atoms with Crippen LogP contribution in [0.15, 0.2) is 12.1 Å². The van der Waals surface area contributed by atoms with Crippen molar-refractivity contribution in [3.05, 3.63) is 35.1 Å². The van der Waals surface area contributed by atoms with Gasteiger partial charge in [-0.05, 0) is 31.7 Å². The van der Waals surface area contributed by atoms with Crippen LogP contribution in [0.4, 0.5) is 13.2 Å². The third-order valence-corrected chi connectivity index (χ3v) is 3.38. The van der Waals surface area contributed by atoms with Gasteiger partial charge in [-0.2, -0.15) is 0 Å². The van der Waals surface area contributed by atoms with Gasteiger partial charge >= 0.3 is 0 Å². The Hall–Kier alpha value is -1.36. The predicted octanol–water partition coefficient (Wildman–Crippen LogP) is 3.49. The molecule has 1 fully saturated rings. The van der Waals surface area contributed by atoms with Crippen LogP contribution in [0.5, 0.6) is 0 Å². The molecule has 0 radical (unpaired) electrons. The fourth-order valence-electron chi connectivity index (χ4n) is 2.32. The number of hydrogen-bond donors (Lipinski definition) is 0. The number of halogens is 3. The first-order chi connectivity index (χ1) is 9.01. The molecule has 1 aromatic rings. The number of ether oxygens (including phenoxy) is 1. The number of hydrogen-bond acceptors (Lipinski definition) is 2. The topological polar surface area (TPSA) is 26.3 Å². The molecule has 0 aliphatic heterocycles. The van der Waals surface area contributed by atoms with Gasteiger partial charge in [-0.3, -0.25) is 4.79 Å². The number of benzene rings is 1. The molecule has 0 spiro atoms. The van der Waals surface area contributed by atoms with Crippen LogP contribution in [0.1, 0.15) is 36.5 Å². The first-order valence-electron chi connectivity index (χ1n) is 6.30. The number of Topliss-reactive ketones (excluding diaryl/α,β-unsaturated/α-hetero) is 1. The lowest BCUT2D eigenvalue weighted by Gasteiger charge is -2.34. The average molecular weight is 272 g/mol. The summed E-state index contributed by atoms with van der Waals surface area (Å²) in [5.74, 6) is -3.85. The molecule has 0 N–H and O–H groups in total. The van der Waals surface area contributed by atoms with Gasteiger partial charge in [0, 0.05) is 19.1 Å². The third kappa shape index (κ3) is 3.15. The zero-order valence-electron chi connectivity index (χ0n) is 10.6. The number of carbonyl (C=O) groups excluding carboxylic acids is 1. The summed E-state index contributed by atoms with van der Waals surface area (Å²) in [6.45, 7) is 2.53. The molecular formula is C14H15F3O2. The molecule has 1 aliphatic rings. The van der Waals surface area contributed by atoms with Crippen molar-refractivity contribution in [1.29, 1.82) is 0 Å². The second kappa shape index (κ2) is 5.74. The standard InChI is InChI=1S/C14H15F3O2/c1-2-19-9-3-8(4-9)5-14(18)10-6-12(16)13(17)7-11(10)15/h6-9H,2-5H2,1H3. The molecule has 0 bridgehead atoms. The van der Waals surface area contributed by atoms with Crippen molar-refractivity contribution in [1.82, 2.24) is 0 Å². The van der Waals surface area contributed by atoms with Crippen LogP contribution in [0.3, 0.4) is 0 Å². The van der Waals surface area contributed by atoms with Gasteiger partial charge in [0.05, 0.1) is 11.7 Å². The van der Waals surface area contributed by atoms with Gasteiger partial charge in [-0.15, -0.1) is 0 Å². The lowest BCUT2D eigenvalue weighted by molar-refractivity contribution is -0.0246. The summed E-state index contributed by atoms with van der Waals surface area (Å²) in [4.78, 5) is 11.8. The van der Waals surface area contributed by atoms with E-state index in [0.717, 1.165) is 12.8 Å². The number of carbonyl (C=O) groups is 1. The Morgan fingerprint density at radius 3 is 2.47 bits per heavy atom. The minimum Gasteiger partial charge on any atom is -0.378 e. The summed E-state index contributed by atoms with van der Waals surface area (Å²) in [6, 6.07) is 1.04. The summed E-state index contributed by atoms with van der Waals surface area (Å²) >= 11 is 0. The van der Waals surface area contributed by atoms with Crippen LogP contribution in [-0.4, -0.2) is 18.5 Å². The molecule has 0 amide bonds. The molecule has 0 heterocycles. The molecule has 0 atom stereocenters. The molecular weight excluding hydrogens is 257 g/mol. The highest BCUT2D eigenvalue weighted by Crippen LogP contribution is 2.34. The van der Waals surface area contributed by atoms with Crippen molar-refractivity contribution in [3.8, 4) is 0 Å². The van der Waals surface area contributed by atoms with Gasteiger partial charge < -0.3 is 4.74 Å². The fraction of sp³-hybridized carbons (Fsp3) is 0.500. The smallest absolute Gasteiger partial charge is 0.166 e. The predicted molar refractivity (Wildman–Crippen MR) is 63.4 cm³/mol.